The lowest BCUT2D eigenvalue weighted by Crippen LogP contribution is -2.37. The molecule has 0 rings (SSSR count). The van der Waals surface area contributed by atoms with Gasteiger partial charge in [-0.15, -0.1) is 11.6 Å². The van der Waals surface area contributed by atoms with Gasteiger partial charge in [0.2, 0.25) is 0 Å². The van der Waals surface area contributed by atoms with E-state index in [1.165, 1.54) is 0 Å². The Hall–Kier alpha value is 0.290. The van der Waals surface area contributed by atoms with Crippen molar-refractivity contribution >= 4 is 11.6 Å². The second-order valence-corrected chi connectivity index (χ2v) is 7.02. The van der Waals surface area contributed by atoms with Crippen LogP contribution in [-0.2, 0) is 0 Å². The summed E-state index contributed by atoms with van der Waals surface area (Å²) in [5.41, 5.74) is 0.478. The van der Waals surface area contributed by atoms with Gasteiger partial charge in [0.05, 0.1) is 0 Å². The molecule has 0 saturated heterocycles. The molecule has 0 fully saturated rings. The molecule has 0 spiro atoms. The third-order valence-corrected chi connectivity index (χ3v) is 3.13. The topological polar surface area (TPSA) is 0 Å². The maximum Gasteiger partial charge on any atom is 0.0471 e. The van der Waals surface area contributed by atoms with Crippen molar-refractivity contribution in [2.45, 2.75) is 59.8 Å². The number of halogens is 1. The van der Waals surface area contributed by atoms with Gasteiger partial charge in [-0.2, -0.15) is 0 Å². The summed E-state index contributed by atoms with van der Waals surface area (Å²) < 4.78 is 0. The largest absolute Gasteiger partial charge is 0.119 e. The zero-order valence-corrected chi connectivity index (χ0v) is 10.3. The highest BCUT2D eigenvalue weighted by Crippen LogP contribution is 2.43. The normalized spacial score (nSPS) is 19.0. The standard InChI is InChI=1S/C11H23Cl/c1-9(2,3)8-11(7,12)10(4,5)6/h8H2,1-7H3. The monoisotopic (exact) mass is 190 g/mol. The number of hydrogen-bond donors (Lipinski definition) is 0. The molecule has 0 aromatic carbocycles. The third kappa shape index (κ3) is 3.80. The Morgan fingerprint density at radius 3 is 1.25 bits per heavy atom. The molecule has 0 aromatic heterocycles. The summed E-state index contributed by atoms with van der Waals surface area (Å²) in [6.07, 6.45) is 1.05. The van der Waals surface area contributed by atoms with Gasteiger partial charge in [0.25, 0.3) is 0 Å². The summed E-state index contributed by atoms with van der Waals surface area (Å²) in [6.45, 7) is 15.4. The summed E-state index contributed by atoms with van der Waals surface area (Å²) in [6, 6.07) is 0. The lowest BCUT2D eigenvalue weighted by molar-refractivity contribution is 0.208. The van der Waals surface area contributed by atoms with Gasteiger partial charge in [0, 0.05) is 4.87 Å². The van der Waals surface area contributed by atoms with Crippen molar-refractivity contribution in [2.75, 3.05) is 0 Å². The maximum atomic E-state index is 6.50. The Morgan fingerprint density at radius 1 is 0.833 bits per heavy atom. The van der Waals surface area contributed by atoms with Crippen LogP contribution in [0.5, 0.6) is 0 Å². The fourth-order valence-corrected chi connectivity index (χ4v) is 1.66. The van der Waals surface area contributed by atoms with Crippen molar-refractivity contribution in [2.24, 2.45) is 10.8 Å². The predicted octanol–water partition coefficient (Wildman–Crippen LogP) is 4.47. The Kier molecular flexibility index (Phi) is 3.29. The SMILES string of the molecule is CC(C)(C)CC(C)(Cl)C(C)(C)C. The predicted molar refractivity (Wildman–Crippen MR) is 57.8 cm³/mol. The summed E-state index contributed by atoms with van der Waals surface area (Å²) in [5.74, 6) is 0. The molecule has 1 heteroatoms. The smallest absolute Gasteiger partial charge is 0.0471 e. The van der Waals surface area contributed by atoms with Gasteiger partial charge in [0.1, 0.15) is 0 Å². The van der Waals surface area contributed by atoms with Gasteiger partial charge in [-0.3, -0.25) is 0 Å². The Morgan fingerprint density at radius 2 is 1.17 bits per heavy atom. The van der Waals surface area contributed by atoms with E-state index >= 15 is 0 Å². The highest BCUT2D eigenvalue weighted by Gasteiger charge is 2.38. The average molecular weight is 191 g/mol. The molecule has 1 unspecified atom stereocenters. The van der Waals surface area contributed by atoms with Crippen LogP contribution in [0.3, 0.4) is 0 Å². The lowest BCUT2D eigenvalue weighted by Gasteiger charge is -2.40. The summed E-state index contributed by atoms with van der Waals surface area (Å²) in [7, 11) is 0. The van der Waals surface area contributed by atoms with Crippen molar-refractivity contribution < 1.29 is 0 Å². The van der Waals surface area contributed by atoms with E-state index < -0.39 is 0 Å². The van der Waals surface area contributed by atoms with Crippen LogP contribution < -0.4 is 0 Å². The molecule has 0 aliphatic carbocycles. The van der Waals surface area contributed by atoms with Crippen LogP contribution in [-0.4, -0.2) is 4.87 Å². The van der Waals surface area contributed by atoms with Gasteiger partial charge in [-0.1, -0.05) is 41.5 Å². The van der Waals surface area contributed by atoms with Crippen molar-refractivity contribution in [1.29, 1.82) is 0 Å². The second kappa shape index (κ2) is 3.21. The zero-order chi connectivity index (χ0) is 10.2. The number of hydrogen-bond acceptors (Lipinski definition) is 0. The van der Waals surface area contributed by atoms with Crippen LogP contribution in [0.2, 0.25) is 0 Å². The van der Waals surface area contributed by atoms with Crippen LogP contribution >= 0.6 is 11.6 Å². The summed E-state index contributed by atoms with van der Waals surface area (Å²) in [5, 5.41) is 0. The van der Waals surface area contributed by atoms with E-state index in [0.29, 0.717) is 5.41 Å². The molecule has 0 aliphatic heterocycles. The molecule has 0 saturated carbocycles. The molecule has 0 radical (unpaired) electrons. The zero-order valence-electron chi connectivity index (χ0n) is 9.59. The van der Waals surface area contributed by atoms with Crippen molar-refractivity contribution in [3.63, 3.8) is 0 Å². The molecule has 0 aliphatic rings. The van der Waals surface area contributed by atoms with E-state index in [1.54, 1.807) is 0 Å². The summed E-state index contributed by atoms with van der Waals surface area (Å²) in [4.78, 5) is -0.106. The molecule has 0 heterocycles. The van der Waals surface area contributed by atoms with Crippen LogP contribution in [0.25, 0.3) is 0 Å². The first-order chi connectivity index (χ1) is 4.96. The molecule has 0 amide bonds. The first kappa shape index (κ1) is 12.3. The molecule has 0 bridgehead atoms. The summed E-state index contributed by atoms with van der Waals surface area (Å²) >= 11 is 6.50. The van der Waals surface area contributed by atoms with Crippen LogP contribution in [0.4, 0.5) is 0 Å². The fraction of sp³-hybridized carbons (Fsp3) is 1.00. The Balaban J connectivity index is 4.44. The van der Waals surface area contributed by atoms with E-state index in [0.717, 1.165) is 6.42 Å². The number of alkyl halides is 1. The van der Waals surface area contributed by atoms with Crippen molar-refractivity contribution in [3.8, 4) is 0 Å². The molecule has 74 valence electrons. The minimum Gasteiger partial charge on any atom is -0.119 e. The molecule has 0 aromatic rings. The second-order valence-electron chi connectivity index (χ2n) is 6.18. The molecular weight excluding hydrogens is 168 g/mol. The van der Waals surface area contributed by atoms with E-state index in [2.05, 4.69) is 48.5 Å². The minimum atomic E-state index is -0.106. The Bertz CT molecular complexity index is 143. The minimum absolute atomic E-state index is 0.106. The maximum absolute atomic E-state index is 6.50. The molecule has 12 heavy (non-hydrogen) atoms. The van der Waals surface area contributed by atoms with Crippen molar-refractivity contribution in [3.05, 3.63) is 0 Å². The van der Waals surface area contributed by atoms with Crippen LogP contribution in [0.1, 0.15) is 54.9 Å². The van der Waals surface area contributed by atoms with E-state index in [-0.39, 0.29) is 10.3 Å². The van der Waals surface area contributed by atoms with E-state index in [4.69, 9.17) is 11.6 Å². The van der Waals surface area contributed by atoms with E-state index in [9.17, 15) is 0 Å². The van der Waals surface area contributed by atoms with E-state index in [1.807, 2.05) is 0 Å². The van der Waals surface area contributed by atoms with Gasteiger partial charge >= 0.3 is 0 Å². The third-order valence-electron chi connectivity index (χ3n) is 2.43. The quantitative estimate of drug-likeness (QED) is 0.536. The molecule has 0 nitrogen and oxygen atoms in total. The van der Waals surface area contributed by atoms with Crippen molar-refractivity contribution in [1.82, 2.24) is 0 Å². The van der Waals surface area contributed by atoms with Gasteiger partial charge < -0.3 is 0 Å². The van der Waals surface area contributed by atoms with Crippen LogP contribution in [0.15, 0.2) is 0 Å². The fourth-order valence-electron chi connectivity index (χ4n) is 1.26. The number of rotatable bonds is 1. The Labute approximate surface area is 82.7 Å². The molecule has 1 atom stereocenters. The van der Waals surface area contributed by atoms with Gasteiger partial charge in [0.15, 0.2) is 0 Å². The molecule has 0 N–H and O–H groups in total. The first-order valence-electron chi connectivity index (χ1n) is 4.65. The first-order valence-corrected chi connectivity index (χ1v) is 5.02. The highest BCUT2D eigenvalue weighted by atomic mass is 35.5. The lowest BCUT2D eigenvalue weighted by atomic mass is 9.72. The average Bonchev–Trinajstić information content (AvgIpc) is 1.52. The molecular formula is C11H23Cl. The van der Waals surface area contributed by atoms with Crippen LogP contribution in [0, 0.1) is 10.8 Å². The van der Waals surface area contributed by atoms with Gasteiger partial charge in [-0.05, 0) is 24.2 Å². The van der Waals surface area contributed by atoms with Gasteiger partial charge in [-0.25, -0.2) is 0 Å². The highest BCUT2D eigenvalue weighted by molar-refractivity contribution is 6.24.